The number of hydrogen-bond donors (Lipinski definition) is 2. The van der Waals surface area contributed by atoms with E-state index in [1.165, 1.54) is 5.56 Å². The summed E-state index contributed by atoms with van der Waals surface area (Å²) in [6.45, 7) is 9.91. The summed E-state index contributed by atoms with van der Waals surface area (Å²) in [5, 5.41) is 10.1. The highest BCUT2D eigenvalue weighted by Crippen LogP contribution is 2.19. The molecule has 134 valence electrons. The normalized spacial score (nSPS) is 17.7. The highest BCUT2D eigenvalue weighted by atomic mass is 16.2. The summed E-state index contributed by atoms with van der Waals surface area (Å²) in [6.07, 6.45) is 1.30. The first-order valence-electron chi connectivity index (χ1n) is 8.58. The number of urea groups is 1. The van der Waals surface area contributed by atoms with Crippen LogP contribution in [-0.4, -0.2) is 64.7 Å². The van der Waals surface area contributed by atoms with E-state index in [1.54, 1.807) is 11.9 Å². The summed E-state index contributed by atoms with van der Waals surface area (Å²) in [4.78, 5) is 27.7. The van der Waals surface area contributed by atoms with E-state index in [0.29, 0.717) is 19.5 Å². The van der Waals surface area contributed by atoms with Crippen LogP contribution >= 0.6 is 0 Å². The number of rotatable bonds is 6. The van der Waals surface area contributed by atoms with E-state index < -0.39 is 0 Å². The number of H-pyrrole nitrogens is 1. The van der Waals surface area contributed by atoms with Crippen molar-refractivity contribution in [3.8, 4) is 0 Å². The third-order valence-electron chi connectivity index (χ3n) is 4.73. The van der Waals surface area contributed by atoms with Crippen molar-refractivity contribution in [2.45, 2.75) is 46.6 Å². The van der Waals surface area contributed by atoms with Crippen molar-refractivity contribution in [3.63, 3.8) is 0 Å². The molecule has 1 aliphatic rings. The molecule has 3 amide bonds. The lowest BCUT2D eigenvalue weighted by Crippen LogP contribution is -2.41. The van der Waals surface area contributed by atoms with Crippen LogP contribution in [0.1, 0.15) is 37.2 Å². The Kier molecular flexibility index (Phi) is 5.85. The maximum atomic E-state index is 12.2. The van der Waals surface area contributed by atoms with Gasteiger partial charge in [-0.3, -0.25) is 9.89 Å². The number of amides is 3. The van der Waals surface area contributed by atoms with Crippen LogP contribution in [0.5, 0.6) is 0 Å². The van der Waals surface area contributed by atoms with E-state index in [0.717, 1.165) is 24.4 Å². The predicted molar refractivity (Wildman–Crippen MR) is 92.8 cm³/mol. The topological polar surface area (TPSA) is 81.3 Å². The molecule has 7 heteroatoms. The minimum atomic E-state index is -0.0933. The van der Waals surface area contributed by atoms with Crippen molar-refractivity contribution in [2.75, 3.05) is 26.7 Å². The molecular weight excluding hydrogens is 306 g/mol. The number of carbonyl (C=O) groups is 2. The summed E-state index contributed by atoms with van der Waals surface area (Å²) < 4.78 is 0. The Hall–Kier alpha value is -2.05. The second-order valence-electron chi connectivity index (χ2n) is 6.98. The zero-order chi connectivity index (χ0) is 17.9. The molecule has 1 aromatic heterocycles. The Morgan fingerprint density at radius 3 is 2.71 bits per heavy atom. The molecule has 1 aliphatic heterocycles. The molecule has 24 heavy (non-hydrogen) atoms. The third kappa shape index (κ3) is 4.27. The zero-order valence-corrected chi connectivity index (χ0v) is 15.3. The van der Waals surface area contributed by atoms with E-state index >= 15 is 0 Å². The number of likely N-dealkylation sites (tertiary alicyclic amines) is 1. The fourth-order valence-electron chi connectivity index (χ4n) is 3.13. The second kappa shape index (κ2) is 7.68. The zero-order valence-electron chi connectivity index (χ0n) is 15.3. The summed E-state index contributed by atoms with van der Waals surface area (Å²) in [6, 6.07) is 0.131. The Morgan fingerprint density at radius 2 is 2.17 bits per heavy atom. The van der Waals surface area contributed by atoms with Gasteiger partial charge in [0, 0.05) is 50.8 Å². The van der Waals surface area contributed by atoms with Crippen molar-refractivity contribution >= 4 is 11.9 Å². The monoisotopic (exact) mass is 335 g/mol. The van der Waals surface area contributed by atoms with Crippen LogP contribution in [0.15, 0.2) is 0 Å². The average molecular weight is 335 g/mol. The molecule has 1 aromatic rings. The van der Waals surface area contributed by atoms with Gasteiger partial charge in [0.25, 0.3) is 0 Å². The first-order chi connectivity index (χ1) is 11.3. The minimum absolute atomic E-state index is 0.0933. The molecule has 0 aliphatic carbocycles. The molecule has 0 unspecified atom stereocenters. The molecule has 1 fully saturated rings. The lowest BCUT2D eigenvalue weighted by molar-refractivity contribution is -0.129. The highest BCUT2D eigenvalue weighted by molar-refractivity contribution is 5.79. The van der Waals surface area contributed by atoms with Crippen LogP contribution < -0.4 is 5.32 Å². The number of hydrogen-bond acceptors (Lipinski definition) is 3. The standard InChI is InChI=1S/C17H29N5O2/c1-11(2)22-10-14(8-16(22)23)9-18-17(24)21(5)7-6-15-12(3)19-20-13(15)4/h11,14H,6-10H2,1-5H3,(H,18,24)(H,19,20)/t14-/m0/s1. The van der Waals surface area contributed by atoms with Crippen molar-refractivity contribution in [3.05, 3.63) is 17.0 Å². The van der Waals surface area contributed by atoms with Gasteiger partial charge in [0.05, 0.1) is 5.69 Å². The molecule has 0 radical (unpaired) electrons. The molecule has 2 heterocycles. The maximum absolute atomic E-state index is 12.2. The predicted octanol–water partition coefficient (Wildman–Crippen LogP) is 1.47. The molecule has 1 saturated heterocycles. The molecule has 7 nitrogen and oxygen atoms in total. The number of aromatic nitrogens is 2. The molecule has 1 atom stereocenters. The minimum Gasteiger partial charge on any atom is -0.340 e. The van der Waals surface area contributed by atoms with E-state index in [1.807, 2.05) is 32.6 Å². The number of nitrogens with zero attached hydrogens (tertiary/aromatic N) is 3. The van der Waals surface area contributed by atoms with Crippen LogP contribution in [0.25, 0.3) is 0 Å². The van der Waals surface area contributed by atoms with Gasteiger partial charge in [0.2, 0.25) is 5.91 Å². The summed E-state index contributed by atoms with van der Waals surface area (Å²) in [5.41, 5.74) is 3.21. The Morgan fingerprint density at radius 1 is 1.46 bits per heavy atom. The van der Waals surface area contributed by atoms with Gasteiger partial charge < -0.3 is 15.1 Å². The Labute approximate surface area is 143 Å². The Bertz CT molecular complexity index is 576. The van der Waals surface area contributed by atoms with Gasteiger partial charge in [-0.25, -0.2) is 4.79 Å². The average Bonchev–Trinajstić information content (AvgIpc) is 3.05. The van der Waals surface area contributed by atoms with Crippen LogP contribution in [0.4, 0.5) is 4.79 Å². The van der Waals surface area contributed by atoms with Crippen molar-refractivity contribution in [2.24, 2.45) is 5.92 Å². The summed E-state index contributed by atoms with van der Waals surface area (Å²) in [5.74, 6) is 0.388. The SMILES string of the molecule is Cc1n[nH]c(C)c1CCN(C)C(=O)NC[C@@H]1CC(=O)N(C(C)C)C1. The van der Waals surface area contributed by atoms with E-state index in [4.69, 9.17) is 0 Å². The van der Waals surface area contributed by atoms with Gasteiger partial charge in [0.1, 0.15) is 0 Å². The van der Waals surface area contributed by atoms with Crippen LogP contribution in [0, 0.1) is 19.8 Å². The van der Waals surface area contributed by atoms with E-state index in [9.17, 15) is 9.59 Å². The van der Waals surface area contributed by atoms with Crippen molar-refractivity contribution < 1.29 is 9.59 Å². The van der Waals surface area contributed by atoms with E-state index in [2.05, 4.69) is 15.5 Å². The molecule has 0 bridgehead atoms. The van der Waals surface area contributed by atoms with Crippen LogP contribution in [0.2, 0.25) is 0 Å². The second-order valence-corrected chi connectivity index (χ2v) is 6.98. The smallest absolute Gasteiger partial charge is 0.317 e. The lowest BCUT2D eigenvalue weighted by Gasteiger charge is -2.22. The van der Waals surface area contributed by atoms with Crippen molar-refractivity contribution in [1.82, 2.24) is 25.3 Å². The molecule has 0 aromatic carbocycles. The van der Waals surface area contributed by atoms with Crippen LogP contribution in [0.3, 0.4) is 0 Å². The first-order valence-corrected chi connectivity index (χ1v) is 8.58. The largest absolute Gasteiger partial charge is 0.340 e. The number of nitrogens with one attached hydrogen (secondary N) is 2. The molecule has 0 spiro atoms. The van der Waals surface area contributed by atoms with Crippen LogP contribution in [-0.2, 0) is 11.2 Å². The summed E-state index contributed by atoms with van der Waals surface area (Å²) in [7, 11) is 1.79. The summed E-state index contributed by atoms with van der Waals surface area (Å²) >= 11 is 0. The van der Waals surface area contributed by atoms with Gasteiger partial charge >= 0.3 is 6.03 Å². The number of carbonyl (C=O) groups excluding carboxylic acids is 2. The van der Waals surface area contributed by atoms with Gasteiger partial charge in [-0.1, -0.05) is 0 Å². The quantitative estimate of drug-likeness (QED) is 0.826. The van der Waals surface area contributed by atoms with Crippen molar-refractivity contribution in [1.29, 1.82) is 0 Å². The van der Waals surface area contributed by atoms with Gasteiger partial charge in [-0.2, -0.15) is 5.10 Å². The Balaban J connectivity index is 1.75. The number of aryl methyl sites for hydroxylation is 2. The van der Waals surface area contributed by atoms with Gasteiger partial charge in [-0.05, 0) is 39.7 Å². The number of aromatic amines is 1. The maximum Gasteiger partial charge on any atom is 0.317 e. The first kappa shape index (κ1) is 18.3. The number of likely N-dealkylation sites (N-methyl/N-ethyl adjacent to an activating group) is 1. The lowest BCUT2D eigenvalue weighted by atomic mass is 10.1. The van der Waals surface area contributed by atoms with E-state index in [-0.39, 0.29) is 23.9 Å². The van der Waals surface area contributed by atoms with Gasteiger partial charge in [-0.15, -0.1) is 0 Å². The fraction of sp³-hybridized carbons (Fsp3) is 0.706. The molecular formula is C17H29N5O2. The molecule has 0 saturated carbocycles. The molecule has 2 N–H and O–H groups in total. The highest BCUT2D eigenvalue weighted by Gasteiger charge is 2.31. The fourth-order valence-corrected chi connectivity index (χ4v) is 3.13. The van der Waals surface area contributed by atoms with Gasteiger partial charge in [0.15, 0.2) is 0 Å². The third-order valence-corrected chi connectivity index (χ3v) is 4.73. The molecule has 2 rings (SSSR count).